The van der Waals surface area contributed by atoms with Crippen LogP contribution in [-0.2, 0) is 9.53 Å². The summed E-state index contributed by atoms with van der Waals surface area (Å²) in [5, 5.41) is 14.2. The Balaban J connectivity index is 2.53. The highest BCUT2D eigenvalue weighted by Crippen LogP contribution is 2.41. The quantitative estimate of drug-likeness (QED) is 0.615. The van der Waals surface area contributed by atoms with Crippen molar-refractivity contribution < 1.29 is 23.8 Å². The van der Waals surface area contributed by atoms with Gasteiger partial charge in [-0.15, -0.1) is 0 Å². The third-order valence-electron chi connectivity index (χ3n) is 4.07. The third kappa shape index (κ3) is 4.75. The predicted octanol–water partition coefficient (Wildman–Crippen LogP) is 3.19. The molecule has 28 heavy (non-hydrogen) atoms. The van der Waals surface area contributed by atoms with E-state index in [0.29, 0.717) is 33.7 Å². The lowest BCUT2D eigenvalue weighted by molar-refractivity contribution is -0.147. The van der Waals surface area contributed by atoms with E-state index in [4.69, 9.17) is 19.5 Å². The molecule has 1 aromatic carbocycles. The molecule has 0 aromatic heterocycles. The number of methoxy groups -OCH3 is 1. The first-order valence-electron chi connectivity index (χ1n) is 8.78. The van der Waals surface area contributed by atoms with Crippen molar-refractivity contribution in [1.82, 2.24) is 10.6 Å². The molecule has 0 radical (unpaired) electrons. The van der Waals surface area contributed by atoms with Gasteiger partial charge < -0.3 is 24.8 Å². The minimum Gasteiger partial charge on any atom is -0.493 e. The van der Waals surface area contributed by atoms with Gasteiger partial charge in [0.1, 0.15) is 12.0 Å². The van der Waals surface area contributed by atoms with Gasteiger partial charge in [0.2, 0.25) is 0 Å². The van der Waals surface area contributed by atoms with Crippen molar-refractivity contribution in [1.29, 1.82) is 5.26 Å². The minimum atomic E-state index is -0.736. The first-order chi connectivity index (χ1) is 13.5. The van der Waals surface area contributed by atoms with Gasteiger partial charge >= 0.3 is 12.0 Å². The number of carbonyl (C=O) groups excluding carboxylic acids is 2. The van der Waals surface area contributed by atoms with Gasteiger partial charge in [-0.05, 0) is 47.0 Å². The fourth-order valence-electron chi connectivity index (χ4n) is 2.98. The van der Waals surface area contributed by atoms with Crippen molar-refractivity contribution in [3.8, 4) is 17.6 Å². The first kappa shape index (κ1) is 21.6. The number of nitriles is 1. The van der Waals surface area contributed by atoms with Gasteiger partial charge in [0, 0.05) is 5.70 Å². The second-order valence-corrected chi connectivity index (χ2v) is 6.71. The largest absolute Gasteiger partial charge is 0.493 e. The highest BCUT2D eigenvalue weighted by atomic mass is 79.9. The zero-order valence-electron chi connectivity index (χ0n) is 15.9. The summed E-state index contributed by atoms with van der Waals surface area (Å²) in [6, 6.07) is 4.22. The summed E-state index contributed by atoms with van der Waals surface area (Å²) in [6.07, 6.45) is 2.44. The van der Waals surface area contributed by atoms with E-state index in [1.165, 1.54) is 7.11 Å². The van der Waals surface area contributed by atoms with E-state index in [-0.39, 0.29) is 13.2 Å². The Morgan fingerprint density at radius 1 is 1.39 bits per heavy atom. The Bertz CT molecular complexity index is 819. The monoisotopic (exact) mass is 451 g/mol. The van der Waals surface area contributed by atoms with Gasteiger partial charge in [-0.1, -0.05) is 13.0 Å². The second kappa shape index (κ2) is 9.99. The number of benzene rings is 1. The lowest BCUT2D eigenvalue weighted by Crippen LogP contribution is -2.51. The van der Waals surface area contributed by atoms with Crippen molar-refractivity contribution >= 4 is 27.9 Å². The topological polar surface area (TPSA) is 110 Å². The molecule has 2 rings (SSSR count). The average Bonchev–Trinajstić information content (AvgIpc) is 2.66. The van der Waals surface area contributed by atoms with Crippen molar-refractivity contribution in [2.24, 2.45) is 5.92 Å². The van der Waals surface area contributed by atoms with Crippen molar-refractivity contribution in [2.75, 3.05) is 20.3 Å². The molecule has 1 saturated heterocycles. The Morgan fingerprint density at radius 3 is 2.75 bits per heavy atom. The molecule has 0 saturated carbocycles. The zero-order chi connectivity index (χ0) is 20.7. The number of hydrogen-bond donors (Lipinski definition) is 2. The standard InChI is InChI=1S/C19H22BrN3O5/c1-4-6-13-15(18(24)27-5-2)16(23-19(25)22-13)11-9-12(20)17(28-8-7-21)14(10-11)26-3/h6,9-10,15-16H,4-5,8H2,1-3H3,(H2,22,23,25)/b13-6+/t15-,16+/m1/s1. The first-order valence-corrected chi connectivity index (χ1v) is 9.57. The molecule has 1 aliphatic rings. The fraction of sp³-hybridized carbons (Fsp3) is 0.421. The molecule has 0 unspecified atom stereocenters. The highest BCUT2D eigenvalue weighted by molar-refractivity contribution is 9.10. The number of amides is 2. The Labute approximate surface area is 172 Å². The van der Waals surface area contributed by atoms with Gasteiger partial charge in [-0.2, -0.15) is 5.26 Å². The number of ether oxygens (including phenoxy) is 3. The number of nitrogens with zero attached hydrogens (tertiary/aromatic N) is 1. The highest BCUT2D eigenvalue weighted by Gasteiger charge is 2.40. The van der Waals surface area contributed by atoms with Crippen molar-refractivity contribution in [3.63, 3.8) is 0 Å². The van der Waals surface area contributed by atoms with Crippen molar-refractivity contribution in [3.05, 3.63) is 33.9 Å². The van der Waals surface area contributed by atoms with E-state index in [0.717, 1.165) is 0 Å². The van der Waals surface area contributed by atoms with Crippen LogP contribution in [0, 0.1) is 17.2 Å². The van der Waals surface area contributed by atoms with E-state index in [2.05, 4.69) is 26.6 Å². The van der Waals surface area contributed by atoms with Crippen LogP contribution in [0.1, 0.15) is 31.9 Å². The maximum Gasteiger partial charge on any atom is 0.319 e. The fourth-order valence-corrected chi connectivity index (χ4v) is 3.56. The molecule has 2 atom stereocenters. The van der Waals surface area contributed by atoms with Gasteiger partial charge in [0.15, 0.2) is 18.1 Å². The van der Waals surface area contributed by atoms with Gasteiger partial charge in [0.05, 0.1) is 24.2 Å². The molecular formula is C19H22BrN3O5. The van der Waals surface area contributed by atoms with E-state index in [1.54, 1.807) is 25.1 Å². The summed E-state index contributed by atoms with van der Waals surface area (Å²) in [6.45, 7) is 3.72. The van der Waals surface area contributed by atoms with Crippen molar-refractivity contribution in [2.45, 2.75) is 26.3 Å². The molecule has 0 bridgehead atoms. The van der Waals surface area contributed by atoms with Crippen LogP contribution in [0.2, 0.25) is 0 Å². The summed E-state index contributed by atoms with van der Waals surface area (Å²) >= 11 is 3.41. The number of nitrogens with one attached hydrogen (secondary N) is 2. The number of esters is 1. The minimum absolute atomic E-state index is 0.146. The number of allylic oxidation sites excluding steroid dienone is 1. The summed E-state index contributed by atoms with van der Waals surface area (Å²) in [7, 11) is 1.47. The Kier molecular flexibility index (Phi) is 7.70. The van der Waals surface area contributed by atoms with E-state index < -0.39 is 24.0 Å². The van der Waals surface area contributed by atoms with Crippen LogP contribution in [0.3, 0.4) is 0 Å². The number of halogens is 1. The molecule has 0 spiro atoms. The normalized spacial score (nSPS) is 20.0. The molecule has 1 aromatic rings. The maximum atomic E-state index is 12.7. The van der Waals surface area contributed by atoms with Crippen LogP contribution < -0.4 is 20.1 Å². The molecule has 8 nitrogen and oxygen atoms in total. The number of hydrogen-bond acceptors (Lipinski definition) is 6. The molecule has 1 aliphatic heterocycles. The van der Waals surface area contributed by atoms with E-state index in [9.17, 15) is 9.59 Å². The van der Waals surface area contributed by atoms with Crippen LogP contribution in [0.4, 0.5) is 4.79 Å². The summed E-state index contributed by atoms with van der Waals surface area (Å²) in [4.78, 5) is 24.9. The molecular weight excluding hydrogens is 430 g/mol. The molecule has 2 N–H and O–H groups in total. The summed E-state index contributed by atoms with van der Waals surface area (Å²) < 4.78 is 16.6. The van der Waals surface area contributed by atoms with Crippen LogP contribution >= 0.6 is 15.9 Å². The Morgan fingerprint density at radius 2 is 2.14 bits per heavy atom. The van der Waals surface area contributed by atoms with Crippen LogP contribution in [0.25, 0.3) is 0 Å². The molecule has 1 fully saturated rings. The lowest BCUT2D eigenvalue weighted by atomic mass is 9.88. The van der Waals surface area contributed by atoms with Crippen LogP contribution in [0.5, 0.6) is 11.5 Å². The molecule has 0 aliphatic carbocycles. The van der Waals surface area contributed by atoms with Crippen LogP contribution in [-0.4, -0.2) is 32.3 Å². The average molecular weight is 452 g/mol. The molecule has 150 valence electrons. The number of carbonyl (C=O) groups is 2. The maximum absolute atomic E-state index is 12.7. The molecule has 1 heterocycles. The van der Waals surface area contributed by atoms with Crippen LogP contribution in [0.15, 0.2) is 28.4 Å². The second-order valence-electron chi connectivity index (χ2n) is 5.85. The van der Waals surface area contributed by atoms with Gasteiger partial charge in [-0.3, -0.25) is 4.79 Å². The van der Waals surface area contributed by atoms with E-state index in [1.807, 2.05) is 13.0 Å². The summed E-state index contributed by atoms with van der Waals surface area (Å²) in [5.74, 6) is -0.444. The Hall–Kier alpha value is -2.73. The molecule has 2 amide bonds. The van der Waals surface area contributed by atoms with Gasteiger partial charge in [0.25, 0.3) is 0 Å². The smallest absolute Gasteiger partial charge is 0.319 e. The number of rotatable bonds is 7. The number of urea groups is 1. The summed E-state index contributed by atoms with van der Waals surface area (Å²) in [5.41, 5.74) is 1.12. The predicted molar refractivity (Wildman–Crippen MR) is 105 cm³/mol. The van der Waals surface area contributed by atoms with E-state index >= 15 is 0 Å². The lowest BCUT2D eigenvalue weighted by Gasteiger charge is -2.34. The molecule has 9 heteroatoms. The SMILES string of the molecule is CC/C=C1/NC(=O)N[C@@H](c2cc(Br)c(OCC#N)c(OC)c2)[C@@H]1C(=O)OCC. The third-order valence-corrected chi connectivity index (χ3v) is 4.66. The zero-order valence-corrected chi connectivity index (χ0v) is 17.5. The van der Waals surface area contributed by atoms with Gasteiger partial charge in [-0.25, -0.2) is 4.79 Å².